The molecule has 0 fully saturated rings. The molecule has 0 rings (SSSR count). The van der Waals surface area contributed by atoms with E-state index in [2.05, 4.69) is 130 Å². The first-order chi connectivity index (χ1) is 33.6. The van der Waals surface area contributed by atoms with Crippen molar-refractivity contribution in [3.05, 3.63) is 109 Å². The van der Waals surface area contributed by atoms with E-state index in [-0.39, 0.29) is 25.2 Å². The molecule has 5 heteroatoms. The van der Waals surface area contributed by atoms with E-state index in [0.717, 1.165) is 103 Å². The summed E-state index contributed by atoms with van der Waals surface area (Å²) in [5, 5.41) is 0. The highest BCUT2D eigenvalue weighted by Gasteiger charge is 2.17. The van der Waals surface area contributed by atoms with Crippen LogP contribution in [0, 0.1) is 0 Å². The van der Waals surface area contributed by atoms with Crippen molar-refractivity contribution in [1.82, 2.24) is 0 Å². The van der Waals surface area contributed by atoms with Crippen molar-refractivity contribution >= 4 is 11.9 Å². The molecule has 68 heavy (non-hydrogen) atoms. The summed E-state index contributed by atoms with van der Waals surface area (Å²) in [6, 6.07) is 0. The second kappa shape index (κ2) is 57.9. The third-order valence-corrected chi connectivity index (χ3v) is 11.8. The zero-order valence-electron chi connectivity index (χ0n) is 44.6. The Morgan fingerprint density at radius 1 is 0.338 bits per heavy atom. The summed E-state index contributed by atoms with van der Waals surface area (Å²) >= 11 is 0. The SMILES string of the molecule is CC/C=C\C/C=C\C/C=C\C/C=C\CCCCC(=O)OC(COCCCCCCCCCC/C=C\C/C=C\CCCCC)COC(=O)CCCCCCCC/C=C\C/C=C\C/C=C\CCCCC. The molecule has 1 unspecified atom stereocenters. The summed E-state index contributed by atoms with van der Waals surface area (Å²) in [6.07, 6.45) is 79.6. The van der Waals surface area contributed by atoms with Crippen molar-refractivity contribution in [3.8, 4) is 0 Å². The van der Waals surface area contributed by atoms with E-state index in [9.17, 15) is 9.59 Å². The number of hydrogen-bond acceptors (Lipinski definition) is 5. The number of carbonyl (C=O) groups is 2. The zero-order valence-corrected chi connectivity index (χ0v) is 44.6. The van der Waals surface area contributed by atoms with Gasteiger partial charge in [-0.25, -0.2) is 0 Å². The maximum absolute atomic E-state index is 12.8. The fourth-order valence-corrected chi connectivity index (χ4v) is 7.54. The Labute approximate surface area is 421 Å². The zero-order chi connectivity index (χ0) is 49.2. The van der Waals surface area contributed by atoms with Gasteiger partial charge >= 0.3 is 11.9 Å². The molecule has 0 bridgehead atoms. The third-order valence-electron chi connectivity index (χ3n) is 11.8. The minimum absolute atomic E-state index is 0.0535. The van der Waals surface area contributed by atoms with Crippen LogP contribution < -0.4 is 0 Å². The molecule has 0 aliphatic heterocycles. The fourth-order valence-electron chi connectivity index (χ4n) is 7.54. The topological polar surface area (TPSA) is 61.8 Å². The molecule has 0 heterocycles. The molecule has 0 spiro atoms. The number of rotatable bonds is 51. The molecule has 0 saturated heterocycles. The lowest BCUT2D eigenvalue weighted by atomic mass is 10.1. The van der Waals surface area contributed by atoms with E-state index < -0.39 is 6.10 Å². The predicted octanol–water partition coefficient (Wildman–Crippen LogP) is 19.6. The molecular weight excluding hydrogens is 837 g/mol. The van der Waals surface area contributed by atoms with Crippen LogP contribution in [-0.2, 0) is 23.8 Å². The van der Waals surface area contributed by atoms with Crippen LogP contribution in [0.1, 0.15) is 252 Å². The Bertz CT molecular complexity index is 1340. The van der Waals surface area contributed by atoms with Crippen molar-refractivity contribution in [2.75, 3.05) is 19.8 Å². The molecule has 0 aromatic carbocycles. The third kappa shape index (κ3) is 55.2. The molecule has 388 valence electrons. The molecular formula is C63H106O5. The lowest BCUT2D eigenvalue weighted by molar-refractivity contribution is -0.163. The average Bonchev–Trinajstić information content (AvgIpc) is 3.34. The van der Waals surface area contributed by atoms with E-state index in [1.165, 1.54) is 116 Å². The first-order valence-corrected chi connectivity index (χ1v) is 28.4. The first kappa shape index (κ1) is 64.6. The quantitative estimate of drug-likeness (QED) is 0.0345. The Balaban J connectivity index is 4.38. The lowest BCUT2D eigenvalue weighted by Crippen LogP contribution is -2.30. The number of allylic oxidation sites excluding steroid dienone is 18. The van der Waals surface area contributed by atoms with Gasteiger partial charge in [0.05, 0.1) is 6.61 Å². The van der Waals surface area contributed by atoms with Gasteiger partial charge in [0.25, 0.3) is 0 Å². The Morgan fingerprint density at radius 3 is 1.09 bits per heavy atom. The van der Waals surface area contributed by atoms with Gasteiger partial charge in [0, 0.05) is 19.4 Å². The van der Waals surface area contributed by atoms with E-state index in [1.807, 2.05) is 0 Å². The second-order valence-corrected chi connectivity index (χ2v) is 18.4. The van der Waals surface area contributed by atoms with Crippen molar-refractivity contribution in [3.63, 3.8) is 0 Å². The first-order valence-electron chi connectivity index (χ1n) is 28.4. The van der Waals surface area contributed by atoms with Gasteiger partial charge in [-0.1, -0.05) is 220 Å². The van der Waals surface area contributed by atoms with Gasteiger partial charge in [-0.3, -0.25) is 9.59 Å². The molecule has 1 atom stereocenters. The highest BCUT2D eigenvalue weighted by Crippen LogP contribution is 2.13. The molecule has 0 aliphatic rings. The molecule has 0 amide bonds. The normalized spacial score (nSPS) is 13.0. The van der Waals surface area contributed by atoms with Gasteiger partial charge in [0.2, 0.25) is 0 Å². The van der Waals surface area contributed by atoms with Crippen molar-refractivity contribution < 1.29 is 23.8 Å². The summed E-state index contributed by atoms with van der Waals surface area (Å²) in [5.74, 6) is -0.464. The maximum Gasteiger partial charge on any atom is 0.306 e. The molecule has 0 saturated carbocycles. The van der Waals surface area contributed by atoms with Crippen LogP contribution in [0.4, 0.5) is 0 Å². The van der Waals surface area contributed by atoms with E-state index in [4.69, 9.17) is 14.2 Å². The highest BCUT2D eigenvalue weighted by molar-refractivity contribution is 5.70. The molecule has 0 aliphatic carbocycles. The number of ether oxygens (including phenoxy) is 3. The van der Waals surface area contributed by atoms with Gasteiger partial charge in [0.1, 0.15) is 6.61 Å². The molecule has 5 nitrogen and oxygen atoms in total. The Kier molecular flexibility index (Phi) is 54.9. The van der Waals surface area contributed by atoms with Crippen LogP contribution in [0.25, 0.3) is 0 Å². The highest BCUT2D eigenvalue weighted by atomic mass is 16.6. The number of carbonyl (C=O) groups excluding carboxylic acids is 2. The standard InChI is InChI=1S/C63H106O5/c1-4-7-10-13-16-19-22-25-28-30-32-33-36-38-41-44-47-50-53-56-62(64)67-60-61(68-63(65)57-54-51-48-45-42-39-35-27-24-21-18-15-12-9-6-3)59-66-58-55-52-49-46-43-40-37-34-31-29-26-23-20-17-14-11-8-5-2/h9,12,16-21,25-29,32-33,35,42,45,61H,4-8,10-11,13-15,22-24,30-31,34,36-41,43-44,46-60H2,1-3H3/b12-9-,19-16-,20-17-,21-18-,28-25-,29-26-,33-32-,35-27-,45-42-. The Morgan fingerprint density at radius 2 is 0.662 bits per heavy atom. The molecule has 0 aromatic heterocycles. The molecule has 0 N–H and O–H groups in total. The minimum Gasteiger partial charge on any atom is -0.462 e. The summed E-state index contributed by atoms with van der Waals surface area (Å²) in [4.78, 5) is 25.5. The molecule has 0 radical (unpaired) electrons. The lowest BCUT2D eigenvalue weighted by Gasteiger charge is -2.18. The van der Waals surface area contributed by atoms with Crippen molar-refractivity contribution in [1.29, 1.82) is 0 Å². The number of esters is 2. The van der Waals surface area contributed by atoms with Crippen LogP contribution in [0.15, 0.2) is 109 Å². The second-order valence-electron chi connectivity index (χ2n) is 18.4. The monoisotopic (exact) mass is 943 g/mol. The van der Waals surface area contributed by atoms with Gasteiger partial charge in [0.15, 0.2) is 6.10 Å². The van der Waals surface area contributed by atoms with E-state index >= 15 is 0 Å². The summed E-state index contributed by atoms with van der Waals surface area (Å²) < 4.78 is 17.4. The summed E-state index contributed by atoms with van der Waals surface area (Å²) in [6.45, 7) is 7.59. The van der Waals surface area contributed by atoms with E-state index in [1.54, 1.807) is 0 Å². The van der Waals surface area contributed by atoms with Gasteiger partial charge in [-0.2, -0.15) is 0 Å². The number of hydrogen-bond donors (Lipinski definition) is 0. The predicted molar refractivity (Wildman–Crippen MR) is 297 cm³/mol. The minimum atomic E-state index is -0.574. The van der Waals surface area contributed by atoms with Crippen LogP contribution in [0.3, 0.4) is 0 Å². The number of unbranched alkanes of at least 4 members (excludes halogenated alkanes) is 22. The largest absolute Gasteiger partial charge is 0.462 e. The van der Waals surface area contributed by atoms with Crippen LogP contribution >= 0.6 is 0 Å². The van der Waals surface area contributed by atoms with Crippen LogP contribution in [0.2, 0.25) is 0 Å². The van der Waals surface area contributed by atoms with Gasteiger partial charge in [-0.05, 0) is 128 Å². The van der Waals surface area contributed by atoms with Crippen LogP contribution in [0.5, 0.6) is 0 Å². The van der Waals surface area contributed by atoms with Gasteiger partial charge < -0.3 is 14.2 Å². The average molecular weight is 944 g/mol. The van der Waals surface area contributed by atoms with Crippen molar-refractivity contribution in [2.45, 2.75) is 258 Å². The Hall–Kier alpha value is -3.44. The smallest absolute Gasteiger partial charge is 0.306 e. The maximum atomic E-state index is 12.8. The van der Waals surface area contributed by atoms with Crippen molar-refractivity contribution in [2.24, 2.45) is 0 Å². The van der Waals surface area contributed by atoms with Gasteiger partial charge in [-0.15, -0.1) is 0 Å². The summed E-state index contributed by atoms with van der Waals surface area (Å²) in [5.41, 5.74) is 0. The molecule has 0 aromatic rings. The summed E-state index contributed by atoms with van der Waals surface area (Å²) in [7, 11) is 0. The van der Waals surface area contributed by atoms with E-state index in [0.29, 0.717) is 19.4 Å². The fraction of sp³-hybridized carbons (Fsp3) is 0.683. The van der Waals surface area contributed by atoms with Crippen LogP contribution in [-0.4, -0.2) is 37.9 Å².